The molecule has 0 saturated heterocycles. The Bertz CT molecular complexity index is 790. The van der Waals surface area contributed by atoms with Crippen LogP contribution in [-0.2, 0) is 18.0 Å². The molecule has 0 bridgehead atoms. The number of fused-ring (bicyclic) bond motifs is 1. The summed E-state index contributed by atoms with van der Waals surface area (Å²) in [7, 11) is 0.499. The predicted molar refractivity (Wildman–Crippen MR) is 91.2 cm³/mol. The fourth-order valence-corrected chi connectivity index (χ4v) is 3.03. The van der Waals surface area contributed by atoms with Gasteiger partial charge in [-0.25, -0.2) is 13.9 Å². The predicted octanol–water partition coefficient (Wildman–Crippen LogP) is 2.35. The van der Waals surface area contributed by atoms with Crippen LogP contribution >= 0.6 is 0 Å². The highest BCUT2D eigenvalue weighted by Crippen LogP contribution is 2.24. The first-order valence-electron chi connectivity index (χ1n) is 7.25. The van der Waals surface area contributed by atoms with Gasteiger partial charge in [-0.15, -0.1) is 0 Å². The van der Waals surface area contributed by atoms with E-state index < -0.39 is 11.0 Å². The number of hydrogen-bond acceptors (Lipinski definition) is 3. The largest absolute Gasteiger partial charge is 0.302 e. The van der Waals surface area contributed by atoms with Gasteiger partial charge in [0.2, 0.25) is 0 Å². The van der Waals surface area contributed by atoms with E-state index >= 15 is 0 Å². The molecule has 0 amide bonds. The second-order valence-electron chi connectivity index (χ2n) is 6.63. The number of nitrogens with one attached hydrogen (secondary N) is 1. The van der Waals surface area contributed by atoms with Crippen LogP contribution in [0.3, 0.4) is 0 Å². The summed E-state index contributed by atoms with van der Waals surface area (Å²) in [6, 6.07) is 3.68. The molecule has 1 aromatic carbocycles. The number of aromatic nitrogens is 2. The number of aryl methyl sites for hydroxylation is 2. The van der Waals surface area contributed by atoms with Crippen LogP contribution in [0.15, 0.2) is 23.3 Å². The lowest BCUT2D eigenvalue weighted by atomic mass is 10.0. The highest BCUT2D eigenvalue weighted by Gasteiger charge is 2.23. The molecule has 0 aliphatic heterocycles. The third-order valence-corrected chi connectivity index (χ3v) is 5.18. The monoisotopic (exact) mass is 321 g/mol. The molecule has 1 heterocycles. The van der Waals surface area contributed by atoms with E-state index in [2.05, 4.69) is 9.71 Å². The van der Waals surface area contributed by atoms with Crippen LogP contribution in [0.5, 0.6) is 0 Å². The summed E-state index contributed by atoms with van der Waals surface area (Å²) in [5, 5.41) is 0.593. The normalized spacial score (nSPS) is 15.0. The van der Waals surface area contributed by atoms with Crippen LogP contribution < -0.4 is 10.3 Å². The standard InChI is InChI=1S/C16H23N3O2S/c1-10-7-12(11(2)18-22(21)16(3,4)5)14-13(8-10)15(20)19(6)9-17-14/h7-9,11,18H,1-6H3/t11-,22?/m1/s1. The highest BCUT2D eigenvalue weighted by atomic mass is 32.2. The SMILES string of the molecule is Cc1cc([C@@H](C)NS(=O)C(C)(C)C)c2ncn(C)c(=O)c2c1. The molecule has 1 N–H and O–H groups in total. The fourth-order valence-electron chi connectivity index (χ4n) is 2.23. The number of hydrogen-bond donors (Lipinski definition) is 1. The van der Waals surface area contributed by atoms with Crippen LogP contribution in [0.25, 0.3) is 10.9 Å². The number of nitrogens with zero attached hydrogens (tertiary/aromatic N) is 2. The van der Waals surface area contributed by atoms with Gasteiger partial charge in [-0.2, -0.15) is 0 Å². The molecule has 0 spiro atoms. The Hall–Kier alpha value is -1.53. The maximum atomic E-state index is 12.3. The molecule has 0 fully saturated rings. The van der Waals surface area contributed by atoms with Crippen molar-refractivity contribution in [2.75, 3.05) is 0 Å². The Morgan fingerprint density at radius 2 is 1.95 bits per heavy atom. The molecule has 5 nitrogen and oxygen atoms in total. The Morgan fingerprint density at radius 3 is 2.55 bits per heavy atom. The van der Waals surface area contributed by atoms with Gasteiger partial charge in [0.1, 0.15) is 0 Å². The molecule has 0 radical (unpaired) electrons. The summed E-state index contributed by atoms with van der Waals surface area (Å²) in [6.07, 6.45) is 1.52. The van der Waals surface area contributed by atoms with Crippen LogP contribution in [-0.4, -0.2) is 18.5 Å². The minimum absolute atomic E-state index is 0.0703. The maximum absolute atomic E-state index is 12.3. The minimum Gasteiger partial charge on any atom is -0.302 e. The quantitative estimate of drug-likeness (QED) is 0.944. The van der Waals surface area contributed by atoms with Crippen molar-refractivity contribution in [2.45, 2.75) is 45.4 Å². The number of benzene rings is 1. The first-order chi connectivity index (χ1) is 10.1. The average molecular weight is 321 g/mol. The smallest absolute Gasteiger partial charge is 0.260 e. The molecule has 2 rings (SSSR count). The molecule has 6 heteroatoms. The van der Waals surface area contributed by atoms with E-state index in [4.69, 9.17) is 0 Å². The van der Waals surface area contributed by atoms with Crippen molar-refractivity contribution in [3.8, 4) is 0 Å². The molecule has 22 heavy (non-hydrogen) atoms. The van der Waals surface area contributed by atoms with Crippen LogP contribution in [0, 0.1) is 6.92 Å². The van der Waals surface area contributed by atoms with Crippen LogP contribution in [0.1, 0.15) is 44.9 Å². The molecule has 2 atom stereocenters. The average Bonchev–Trinajstić information content (AvgIpc) is 2.41. The second-order valence-corrected chi connectivity index (χ2v) is 8.63. The van der Waals surface area contributed by atoms with Crippen molar-refractivity contribution in [1.29, 1.82) is 0 Å². The topological polar surface area (TPSA) is 64.0 Å². The molecule has 1 aromatic heterocycles. The van der Waals surface area contributed by atoms with Crippen molar-refractivity contribution in [1.82, 2.24) is 14.3 Å². The van der Waals surface area contributed by atoms with Gasteiger partial charge < -0.3 is 4.57 Å². The van der Waals surface area contributed by atoms with Crippen molar-refractivity contribution >= 4 is 21.9 Å². The van der Waals surface area contributed by atoms with E-state index in [0.717, 1.165) is 11.1 Å². The summed E-state index contributed by atoms with van der Waals surface area (Å²) in [5.41, 5.74) is 2.48. The minimum atomic E-state index is -1.19. The molecule has 1 unspecified atom stereocenters. The van der Waals surface area contributed by atoms with E-state index in [1.54, 1.807) is 7.05 Å². The van der Waals surface area contributed by atoms with Gasteiger partial charge in [-0.05, 0) is 51.8 Å². The van der Waals surface area contributed by atoms with Gasteiger partial charge in [0.05, 0.1) is 33.0 Å². The first-order valence-corrected chi connectivity index (χ1v) is 8.40. The molecule has 0 aliphatic rings. The second kappa shape index (κ2) is 5.93. The van der Waals surface area contributed by atoms with Crippen LogP contribution in [0.2, 0.25) is 0 Å². The molecule has 120 valence electrons. The Morgan fingerprint density at radius 1 is 1.32 bits per heavy atom. The summed E-state index contributed by atoms with van der Waals surface area (Å²) in [5.74, 6) is 0. The summed E-state index contributed by atoms with van der Waals surface area (Å²) < 4.78 is 16.5. The van der Waals surface area contributed by atoms with E-state index in [0.29, 0.717) is 10.9 Å². The summed E-state index contributed by atoms with van der Waals surface area (Å²) >= 11 is 0. The van der Waals surface area contributed by atoms with Crippen LogP contribution in [0.4, 0.5) is 0 Å². The van der Waals surface area contributed by atoms with E-state index in [1.165, 1.54) is 10.9 Å². The zero-order valence-electron chi connectivity index (χ0n) is 13.9. The van der Waals surface area contributed by atoms with Crippen molar-refractivity contribution in [2.24, 2.45) is 7.05 Å². The molecular weight excluding hydrogens is 298 g/mol. The Labute approximate surface area is 133 Å². The Balaban J connectivity index is 2.54. The lowest BCUT2D eigenvalue weighted by molar-refractivity contribution is 0.617. The first kappa shape index (κ1) is 16.8. The fraction of sp³-hybridized carbons (Fsp3) is 0.500. The highest BCUT2D eigenvalue weighted by molar-refractivity contribution is 7.84. The third-order valence-electron chi connectivity index (χ3n) is 3.50. The lowest BCUT2D eigenvalue weighted by Gasteiger charge is -2.23. The lowest BCUT2D eigenvalue weighted by Crippen LogP contribution is -2.35. The maximum Gasteiger partial charge on any atom is 0.260 e. The molecule has 0 aliphatic carbocycles. The molecular formula is C16H23N3O2S. The zero-order valence-corrected chi connectivity index (χ0v) is 14.7. The van der Waals surface area contributed by atoms with Gasteiger partial charge in [-0.3, -0.25) is 4.79 Å². The molecule has 0 saturated carbocycles. The van der Waals surface area contributed by atoms with Crippen molar-refractivity contribution < 1.29 is 4.21 Å². The summed E-state index contributed by atoms with van der Waals surface area (Å²) in [4.78, 5) is 16.7. The van der Waals surface area contributed by atoms with Crippen molar-refractivity contribution in [3.05, 3.63) is 39.9 Å². The third kappa shape index (κ3) is 3.28. The van der Waals surface area contributed by atoms with Gasteiger partial charge in [0.15, 0.2) is 0 Å². The Kier molecular flexibility index (Phi) is 4.54. The van der Waals surface area contributed by atoms with E-state index in [9.17, 15) is 9.00 Å². The zero-order chi connectivity index (χ0) is 16.7. The van der Waals surface area contributed by atoms with Crippen molar-refractivity contribution in [3.63, 3.8) is 0 Å². The summed E-state index contributed by atoms with van der Waals surface area (Å²) in [6.45, 7) is 9.65. The van der Waals surface area contributed by atoms with Gasteiger partial charge in [0, 0.05) is 13.1 Å². The molecule has 2 aromatic rings. The van der Waals surface area contributed by atoms with E-state index in [1.807, 2.05) is 46.8 Å². The van der Waals surface area contributed by atoms with Gasteiger partial charge in [0.25, 0.3) is 5.56 Å². The van der Waals surface area contributed by atoms with Gasteiger partial charge in [-0.1, -0.05) is 6.07 Å². The van der Waals surface area contributed by atoms with Gasteiger partial charge >= 0.3 is 0 Å². The van der Waals surface area contributed by atoms with E-state index in [-0.39, 0.29) is 16.3 Å². The number of rotatable bonds is 3.